The molecule has 1 atom stereocenters. The molecule has 0 aromatic heterocycles. The lowest BCUT2D eigenvalue weighted by atomic mass is 10.1. The van der Waals surface area contributed by atoms with Gasteiger partial charge in [0.05, 0.1) is 16.3 Å². The molecule has 0 N–H and O–H groups in total. The van der Waals surface area contributed by atoms with Crippen LogP contribution < -0.4 is 4.90 Å². The third-order valence-corrected chi connectivity index (χ3v) is 4.74. The zero-order valence-electron chi connectivity index (χ0n) is 10.5. The van der Waals surface area contributed by atoms with Gasteiger partial charge in [-0.2, -0.15) is 17.0 Å². The summed E-state index contributed by atoms with van der Waals surface area (Å²) in [5.41, 5.74) is 1.60. The van der Waals surface area contributed by atoms with Gasteiger partial charge in [-0.15, -0.1) is 0 Å². The molecule has 96 valence electrons. The summed E-state index contributed by atoms with van der Waals surface area (Å²) in [6, 6.07) is 7.81. The van der Waals surface area contributed by atoms with E-state index in [0.29, 0.717) is 15.8 Å². The zero-order chi connectivity index (χ0) is 13.0. The van der Waals surface area contributed by atoms with E-state index in [9.17, 15) is 5.26 Å². The summed E-state index contributed by atoms with van der Waals surface area (Å²) in [5.74, 6) is 0. The van der Waals surface area contributed by atoms with Crippen molar-refractivity contribution in [3.63, 3.8) is 0 Å². The largest absolute Gasteiger partial charge is 0.368 e. The Hall–Kier alpha value is -0.850. The molecular formula is C14H17ClN2S. The number of hydrogen-bond donors (Lipinski definition) is 0. The fraction of sp³-hybridized carbons (Fsp3) is 0.500. The van der Waals surface area contributed by atoms with Crippen LogP contribution in [-0.4, -0.2) is 24.6 Å². The molecule has 0 spiro atoms. The van der Waals surface area contributed by atoms with Crippen molar-refractivity contribution in [2.24, 2.45) is 0 Å². The Morgan fingerprint density at radius 3 is 3.00 bits per heavy atom. The van der Waals surface area contributed by atoms with Crippen LogP contribution in [0, 0.1) is 11.3 Å². The zero-order valence-corrected chi connectivity index (χ0v) is 12.1. The summed E-state index contributed by atoms with van der Waals surface area (Å²) in [4.78, 5) is 2.29. The first kappa shape index (κ1) is 13.6. The van der Waals surface area contributed by atoms with Crippen LogP contribution in [0.25, 0.3) is 0 Å². The van der Waals surface area contributed by atoms with E-state index in [-0.39, 0.29) is 0 Å². The van der Waals surface area contributed by atoms with Gasteiger partial charge >= 0.3 is 0 Å². The Morgan fingerprint density at radius 2 is 2.28 bits per heavy atom. The SMILES string of the molecule is CSC1CCCCN(c2c(Cl)cccc2C#N)C1. The van der Waals surface area contributed by atoms with Crippen molar-refractivity contribution in [3.8, 4) is 6.07 Å². The number of hydrogen-bond acceptors (Lipinski definition) is 3. The summed E-state index contributed by atoms with van der Waals surface area (Å²) >= 11 is 8.20. The van der Waals surface area contributed by atoms with Gasteiger partial charge in [0.1, 0.15) is 6.07 Å². The molecule has 0 amide bonds. The van der Waals surface area contributed by atoms with E-state index in [4.69, 9.17) is 11.6 Å². The average Bonchev–Trinajstić information content (AvgIpc) is 2.63. The Balaban J connectivity index is 2.32. The fourth-order valence-electron chi connectivity index (χ4n) is 2.43. The molecule has 1 fully saturated rings. The number of thioether (sulfide) groups is 1. The Kier molecular flexibility index (Phi) is 4.79. The van der Waals surface area contributed by atoms with Gasteiger partial charge in [-0.05, 0) is 31.2 Å². The quantitative estimate of drug-likeness (QED) is 0.821. The van der Waals surface area contributed by atoms with Crippen LogP contribution in [0.4, 0.5) is 5.69 Å². The molecule has 0 saturated carbocycles. The van der Waals surface area contributed by atoms with Crippen molar-refractivity contribution in [1.82, 2.24) is 0 Å². The van der Waals surface area contributed by atoms with Gasteiger partial charge in [0, 0.05) is 18.3 Å². The van der Waals surface area contributed by atoms with Gasteiger partial charge in [-0.1, -0.05) is 24.1 Å². The van der Waals surface area contributed by atoms with Gasteiger partial charge in [0.2, 0.25) is 0 Å². The van der Waals surface area contributed by atoms with Crippen molar-refractivity contribution in [1.29, 1.82) is 5.26 Å². The number of nitrogens with zero attached hydrogens (tertiary/aromatic N) is 2. The number of benzene rings is 1. The molecule has 4 heteroatoms. The first-order valence-corrected chi connectivity index (χ1v) is 7.89. The first-order chi connectivity index (χ1) is 8.76. The maximum Gasteiger partial charge on any atom is 0.101 e. The van der Waals surface area contributed by atoms with Crippen molar-refractivity contribution < 1.29 is 0 Å². The molecule has 1 saturated heterocycles. The summed E-state index contributed by atoms with van der Waals surface area (Å²) in [6.45, 7) is 1.98. The minimum Gasteiger partial charge on any atom is -0.368 e. The van der Waals surface area contributed by atoms with Gasteiger partial charge in [-0.3, -0.25) is 0 Å². The highest BCUT2D eigenvalue weighted by atomic mass is 35.5. The summed E-state index contributed by atoms with van der Waals surface area (Å²) < 4.78 is 0. The standard InChI is InChI=1S/C14H17ClN2S/c1-18-12-6-2-3-8-17(10-12)14-11(9-16)5-4-7-13(14)15/h4-5,7,12H,2-3,6,8,10H2,1H3. The Labute approximate surface area is 118 Å². The molecule has 1 aromatic rings. The smallest absolute Gasteiger partial charge is 0.101 e. The third kappa shape index (κ3) is 2.93. The van der Waals surface area contributed by atoms with Crippen molar-refractivity contribution in [2.75, 3.05) is 24.2 Å². The molecule has 1 unspecified atom stereocenters. The first-order valence-electron chi connectivity index (χ1n) is 6.22. The summed E-state index contributed by atoms with van der Waals surface area (Å²) in [6.07, 6.45) is 5.84. The molecule has 1 aliphatic rings. The van der Waals surface area contributed by atoms with Gasteiger partial charge in [0.15, 0.2) is 0 Å². The number of anilines is 1. The maximum atomic E-state index is 9.23. The second kappa shape index (κ2) is 6.36. The van der Waals surface area contributed by atoms with Crippen molar-refractivity contribution >= 4 is 29.1 Å². The number of halogens is 1. The predicted octanol–water partition coefficient (Wildman–Crippen LogP) is 3.93. The molecule has 2 rings (SSSR count). The molecular weight excluding hydrogens is 264 g/mol. The van der Waals surface area contributed by atoms with Crippen LogP contribution in [0.3, 0.4) is 0 Å². The topological polar surface area (TPSA) is 27.0 Å². The van der Waals surface area contributed by atoms with Crippen molar-refractivity contribution in [3.05, 3.63) is 28.8 Å². The van der Waals surface area contributed by atoms with Crippen LogP contribution in [0.1, 0.15) is 24.8 Å². The minimum atomic E-state index is 0.635. The molecule has 2 nitrogen and oxygen atoms in total. The number of rotatable bonds is 2. The molecule has 0 aliphatic carbocycles. The van der Waals surface area contributed by atoms with Gasteiger partial charge in [-0.25, -0.2) is 0 Å². The van der Waals surface area contributed by atoms with Crippen molar-refractivity contribution in [2.45, 2.75) is 24.5 Å². The van der Waals surface area contributed by atoms with Crippen LogP contribution in [-0.2, 0) is 0 Å². The highest BCUT2D eigenvalue weighted by molar-refractivity contribution is 7.99. The van der Waals surface area contributed by atoms with E-state index < -0.39 is 0 Å². The lowest BCUT2D eigenvalue weighted by molar-refractivity contribution is 0.736. The summed E-state index contributed by atoms with van der Waals surface area (Å²) in [7, 11) is 0. The second-order valence-corrected chi connectivity index (χ2v) is 6.09. The lowest BCUT2D eigenvalue weighted by Crippen LogP contribution is -2.30. The Bertz CT molecular complexity index is 456. The molecule has 1 aliphatic heterocycles. The van der Waals surface area contributed by atoms with Gasteiger partial charge < -0.3 is 4.90 Å². The predicted molar refractivity (Wildman–Crippen MR) is 79.5 cm³/mol. The molecule has 1 aromatic carbocycles. The van der Waals surface area contributed by atoms with Crippen LogP contribution in [0.5, 0.6) is 0 Å². The van der Waals surface area contributed by atoms with E-state index in [1.807, 2.05) is 30.0 Å². The number of para-hydroxylation sites is 1. The average molecular weight is 281 g/mol. The highest BCUT2D eigenvalue weighted by Gasteiger charge is 2.21. The van der Waals surface area contributed by atoms with Gasteiger partial charge in [0.25, 0.3) is 0 Å². The van der Waals surface area contributed by atoms with Crippen LogP contribution in [0.15, 0.2) is 18.2 Å². The van der Waals surface area contributed by atoms with E-state index in [0.717, 1.165) is 18.8 Å². The second-order valence-electron chi connectivity index (χ2n) is 4.55. The van der Waals surface area contributed by atoms with E-state index in [1.54, 1.807) is 0 Å². The summed E-state index contributed by atoms with van der Waals surface area (Å²) in [5, 5.41) is 10.6. The molecule has 18 heavy (non-hydrogen) atoms. The van der Waals surface area contributed by atoms with Crippen LogP contribution in [0.2, 0.25) is 5.02 Å². The Morgan fingerprint density at radius 1 is 1.44 bits per heavy atom. The van der Waals surface area contributed by atoms with Crippen LogP contribution >= 0.6 is 23.4 Å². The molecule has 1 heterocycles. The minimum absolute atomic E-state index is 0.635. The van der Waals surface area contributed by atoms with E-state index in [2.05, 4.69) is 17.2 Å². The normalized spacial score (nSPS) is 20.3. The third-order valence-electron chi connectivity index (χ3n) is 3.38. The maximum absolute atomic E-state index is 9.23. The monoisotopic (exact) mass is 280 g/mol. The highest BCUT2D eigenvalue weighted by Crippen LogP contribution is 2.32. The van der Waals surface area contributed by atoms with E-state index >= 15 is 0 Å². The lowest BCUT2D eigenvalue weighted by Gasteiger charge is -2.27. The van der Waals surface area contributed by atoms with E-state index in [1.165, 1.54) is 19.3 Å². The molecule has 0 radical (unpaired) electrons. The fourth-order valence-corrected chi connectivity index (χ4v) is 3.45. The number of nitriles is 1. The molecule has 0 bridgehead atoms.